The minimum absolute atomic E-state index is 0.0360. The van der Waals surface area contributed by atoms with Gasteiger partial charge in [0.2, 0.25) is 0 Å². The Labute approximate surface area is 132 Å². The number of aliphatic hydroxyl groups is 1. The van der Waals surface area contributed by atoms with Crippen molar-refractivity contribution in [2.75, 3.05) is 4.72 Å². The van der Waals surface area contributed by atoms with Crippen LogP contribution in [0.3, 0.4) is 0 Å². The molecule has 1 heterocycles. The van der Waals surface area contributed by atoms with Gasteiger partial charge in [-0.3, -0.25) is 4.72 Å². The lowest BCUT2D eigenvalue weighted by atomic mass is 10.3. The largest absolute Gasteiger partial charge is 0.392 e. The predicted molar refractivity (Wildman–Crippen MR) is 80.2 cm³/mol. The van der Waals surface area contributed by atoms with Crippen molar-refractivity contribution >= 4 is 54.6 Å². The monoisotopic (exact) mass is 399 g/mol. The molecule has 1 aromatic heterocycles. The Bertz CT molecular complexity index is 725. The second kappa shape index (κ2) is 5.98. The molecular weight excluding hydrogens is 393 g/mol. The summed E-state index contributed by atoms with van der Waals surface area (Å²) in [6.45, 7) is -0.243. The molecule has 2 N–H and O–H groups in total. The van der Waals surface area contributed by atoms with Crippen molar-refractivity contribution in [3.05, 3.63) is 44.5 Å². The summed E-state index contributed by atoms with van der Waals surface area (Å²) in [5.74, 6) is -0.580. The van der Waals surface area contributed by atoms with E-state index in [1.165, 1.54) is 11.4 Å². The standard InChI is InChI=1S/C11H8BrClFNO3S2/c12-8-2-7(14)3-9(13)11(8)15-20(17,18)10-1-6(4-16)5-19-10/h1-3,5,15-16H,4H2. The highest BCUT2D eigenvalue weighted by Gasteiger charge is 2.20. The van der Waals surface area contributed by atoms with Crippen molar-refractivity contribution in [1.29, 1.82) is 0 Å². The van der Waals surface area contributed by atoms with Crippen LogP contribution in [0.25, 0.3) is 0 Å². The van der Waals surface area contributed by atoms with Crippen LogP contribution in [0.5, 0.6) is 0 Å². The van der Waals surface area contributed by atoms with Crippen molar-refractivity contribution in [1.82, 2.24) is 0 Å². The zero-order valence-electron chi connectivity index (χ0n) is 9.73. The fourth-order valence-corrected chi connectivity index (χ4v) is 4.79. The first-order valence-corrected chi connectivity index (χ1v) is 8.72. The van der Waals surface area contributed by atoms with Gasteiger partial charge in [0.1, 0.15) is 10.0 Å². The van der Waals surface area contributed by atoms with Crippen LogP contribution in [0.2, 0.25) is 5.02 Å². The van der Waals surface area contributed by atoms with Crippen LogP contribution in [0, 0.1) is 5.82 Å². The van der Waals surface area contributed by atoms with Crippen LogP contribution in [0.4, 0.5) is 10.1 Å². The van der Waals surface area contributed by atoms with E-state index in [1.54, 1.807) is 0 Å². The quantitative estimate of drug-likeness (QED) is 0.824. The van der Waals surface area contributed by atoms with Gasteiger partial charge in [-0.2, -0.15) is 0 Å². The fraction of sp³-hybridized carbons (Fsp3) is 0.0909. The van der Waals surface area contributed by atoms with Crippen LogP contribution in [0.1, 0.15) is 5.56 Å². The molecule has 0 atom stereocenters. The van der Waals surface area contributed by atoms with Crippen molar-refractivity contribution in [2.24, 2.45) is 0 Å². The van der Waals surface area contributed by atoms with Gasteiger partial charge in [-0.1, -0.05) is 11.6 Å². The van der Waals surface area contributed by atoms with Gasteiger partial charge in [0.05, 0.1) is 17.3 Å². The number of aliphatic hydroxyl groups excluding tert-OH is 1. The zero-order valence-corrected chi connectivity index (χ0v) is 13.7. The van der Waals surface area contributed by atoms with Crippen molar-refractivity contribution < 1.29 is 17.9 Å². The van der Waals surface area contributed by atoms with Crippen LogP contribution < -0.4 is 4.72 Å². The van der Waals surface area contributed by atoms with Gasteiger partial charge in [-0.25, -0.2) is 12.8 Å². The molecule has 1 aromatic carbocycles. The molecule has 0 unspecified atom stereocenters. The van der Waals surface area contributed by atoms with E-state index in [4.69, 9.17) is 16.7 Å². The number of benzene rings is 1. The number of rotatable bonds is 4. The molecule has 0 aliphatic rings. The third-order valence-electron chi connectivity index (χ3n) is 2.32. The van der Waals surface area contributed by atoms with E-state index in [0.29, 0.717) is 5.56 Å². The van der Waals surface area contributed by atoms with Gasteiger partial charge < -0.3 is 5.11 Å². The molecule has 2 rings (SSSR count). The maximum atomic E-state index is 13.1. The van der Waals surface area contributed by atoms with Crippen molar-refractivity contribution in [2.45, 2.75) is 10.8 Å². The van der Waals surface area contributed by atoms with E-state index in [-0.39, 0.29) is 26.0 Å². The Morgan fingerprint density at radius 1 is 1.40 bits per heavy atom. The molecule has 0 saturated carbocycles. The Morgan fingerprint density at radius 3 is 2.65 bits per heavy atom. The zero-order chi connectivity index (χ0) is 14.9. The average Bonchev–Trinajstić information content (AvgIpc) is 2.83. The smallest absolute Gasteiger partial charge is 0.271 e. The van der Waals surface area contributed by atoms with E-state index < -0.39 is 15.8 Å². The van der Waals surface area contributed by atoms with Crippen LogP contribution in [-0.2, 0) is 16.6 Å². The summed E-state index contributed by atoms with van der Waals surface area (Å²) >= 11 is 9.85. The molecule has 20 heavy (non-hydrogen) atoms. The van der Waals surface area contributed by atoms with Gasteiger partial charge in [0.25, 0.3) is 10.0 Å². The van der Waals surface area contributed by atoms with E-state index in [0.717, 1.165) is 23.5 Å². The summed E-state index contributed by atoms with van der Waals surface area (Å²) in [5, 5.41) is 10.4. The number of sulfonamides is 1. The number of anilines is 1. The topological polar surface area (TPSA) is 66.4 Å². The van der Waals surface area contributed by atoms with E-state index in [9.17, 15) is 12.8 Å². The maximum Gasteiger partial charge on any atom is 0.271 e. The first-order valence-electron chi connectivity index (χ1n) is 5.19. The van der Waals surface area contributed by atoms with Crippen molar-refractivity contribution in [3.63, 3.8) is 0 Å². The molecule has 0 fully saturated rings. The first kappa shape index (κ1) is 15.7. The first-order chi connectivity index (χ1) is 9.33. The summed E-state index contributed by atoms with van der Waals surface area (Å²) in [7, 11) is -3.84. The number of hydrogen-bond acceptors (Lipinski definition) is 4. The average molecular weight is 401 g/mol. The van der Waals surface area contributed by atoms with Gasteiger partial charge >= 0.3 is 0 Å². The molecule has 0 amide bonds. The van der Waals surface area contributed by atoms with Crippen LogP contribution in [-0.4, -0.2) is 13.5 Å². The predicted octanol–water partition coefficient (Wildman–Crippen LogP) is 3.60. The number of halogens is 3. The minimum atomic E-state index is -3.84. The summed E-state index contributed by atoms with van der Waals surface area (Å²) in [5.41, 5.74) is 0.562. The summed E-state index contributed by atoms with van der Waals surface area (Å²) < 4.78 is 40.0. The number of nitrogens with one attached hydrogen (secondary N) is 1. The third-order valence-corrected chi connectivity index (χ3v) is 6.08. The molecule has 2 aromatic rings. The Hall–Kier alpha value is -0.670. The Balaban J connectivity index is 2.38. The number of hydrogen-bond donors (Lipinski definition) is 2. The molecule has 9 heteroatoms. The second-order valence-electron chi connectivity index (χ2n) is 3.78. The van der Waals surface area contributed by atoms with Gasteiger partial charge in [-0.05, 0) is 45.1 Å². The molecule has 0 saturated heterocycles. The van der Waals surface area contributed by atoms with Gasteiger partial charge in [-0.15, -0.1) is 11.3 Å². The minimum Gasteiger partial charge on any atom is -0.392 e. The molecular formula is C11H8BrClFNO3S2. The van der Waals surface area contributed by atoms with Crippen LogP contribution >= 0.6 is 38.9 Å². The Kier molecular flexibility index (Phi) is 4.70. The number of thiophene rings is 1. The van der Waals surface area contributed by atoms with Gasteiger partial charge in [0, 0.05) is 4.47 Å². The lowest BCUT2D eigenvalue weighted by Gasteiger charge is -2.10. The normalized spacial score (nSPS) is 11.6. The molecule has 108 valence electrons. The highest BCUT2D eigenvalue weighted by molar-refractivity contribution is 9.10. The Morgan fingerprint density at radius 2 is 2.10 bits per heavy atom. The van der Waals surface area contributed by atoms with E-state index in [1.807, 2.05) is 0 Å². The van der Waals surface area contributed by atoms with Gasteiger partial charge in [0.15, 0.2) is 0 Å². The maximum absolute atomic E-state index is 13.1. The summed E-state index contributed by atoms with van der Waals surface area (Å²) in [6, 6.07) is 3.48. The molecule has 4 nitrogen and oxygen atoms in total. The highest BCUT2D eigenvalue weighted by Crippen LogP contribution is 2.34. The third kappa shape index (κ3) is 3.32. The van der Waals surface area contributed by atoms with Crippen LogP contribution in [0.15, 0.2) is 32.3 Å². The molecule has 0 aliphatic heterocycles. The van der Waals surface area contributed by atoms with E-state index >= 15 is 0 Å². The molecule has 0 bridgehead atoms. The lowest BCUT2D eigenvalue weighted by Crippen LogP contribution is -2.12. The van der Waals surface area contributed by atoms with E-state index in [2.05, 4.69) is 20.7 Å². The molecule has 0 aliphatic carbocycles. The molecule has 0 radical (unpaired) electrons. The summed E-state index contributed by atoms with van der Waals surface area (Å²) in [6.07, 6.45) is 0. The second-order valence-corrected chi connectivity index (χ2v) is 7.86. The SMILES string of the molecule is O=S(=O)(Nc1c(Cl)cc(F)cc1Br)c1cc(CO)cs1. The van der Waals surface area contributed by atoms with Crippen molar-refractivity contribution in [3.8, 4) is 0 Å². The summed E-state index contributed by atoms with van der Waals surface area (Å²) in [4.78, 5) is 0. The lowest BCUT2D eigenvalue weighted by molar-refractivity contribution is 0.282. The fourth-order valence-electron chi connectivity index (χ4n) is 1.40. The molecule has 0 spiro atoms. The highest BCUT2D eigenvalue weighted by atomic mass is 79.9.